The summed E-state index contributed by atoms with van der Waals surface area (Å²) in [6.45, 7) is 3.10. The van der Waals surface area contributed by atoms with Gasteiger partial charge in [0.1, 0.15) is 0 Å². The highest BCUT2D eigenvalue weighted by atomic mass is 16.6. The van der Waals surface area contributed by atoms with Gasteiger partial charge in [-0.15, -0.1) is 0 Å². The van der Waals surface area contributed by atoms with Crippen molar-refractivity contribution in [2.24, 2.45) is 11.8 Å². The molecular weight excluding hydrogens is 340 g/mol. The number of aliphatic hydroxyl groups is 1. The highest BCUT2D eigenvalue weighted by Crippen LogP contribution is 2.53. The number of aliphatic hydroxyl groups excluding tert-OH is 1. The summed E-state index contributed by atoms with van der Waals surface area (Å²) < 4.78 is 5.34. The van der Waals surface area contributed by atoms with Gasteiger partial charge in [-0.2, -0.15) is 0 Å². The van der Waals surface area contributed by atoms with Crippen molar-refractivity contribution in [3.63, 3.8) is 0 Å². The molecule has 6 atom stereocenters. The number of benzene rings is 1. The van der Waals surface area contributed by atoms with Gasteiger partial charge in [-0.3, -0.25) is 9.80 Å². The van der Waals surface area contributed by atoms with Crippen LogP contribution in [0, 0.1) is 11.8 Å². The number of nitrogens with zero attached hydrogens (tertiary/aromatic N) is 2. The van der Waals surface area contributed by atoms with Crippen molar-refractivity contribution in [3.05, 3.63) is 35.9 Å². The Balaban J connectivity index is 1.48. The van der Waals surface area contributed by atoms with Crippen LogP contribution >= 0.6 is 0 Å². The summed E-state index contributed by atoms with van der Waals surface area (Å²) in [6, 6.07) is 11.2. The quantitative estimate of drug-likeness (QED) is 0.885. The van der Waals surface area contributed by atoms with E-state index in [0.717, 1.165) is 25.3 Å². The molecule has 5 heteroatoms. The molecule has 3 saturated heterocycles. The van der Waals surface area contributed by atoms with Gasteiger partial charge in [0.05, 0.1) is 30.8 Å². The summed E-state index contributed by atoms with van der Waals surface area (Å²) in [6.07, 6.45) is 5.18. The molecule has 1 N–H and O–H groups in total. The Morgan fingerprint density at radius 2 is 1.85 bits per heavy atom. The molecule has 0 radical (unpaired) electrons. The number of rotatable bonds is 4. The SMILES string of the molecule is CCOC(=O)N1C2CC3CC1[C@H](O)C2N(Cc1ccccc1)C3C1CCC1. The molecule has 4 fully saturated rings. The molecule has 0 spiro atoms. The summed E-state index contributed by atoms with van der Waals surface area (Å²) >= 11 is 0. The molecule has 1 aromatic rings. The summed E-state index contributed by atoms with van der Waals surface area (Å²) in [5.41, 5.74) is 1.29. The van der Waals surface area contributed by atoms with E-state index in [2.05, 4.69) is 35.2 Å². The summed E-state index contributed by atoms with van der Waals surface area (Å²) in [5.74, 6) is 1.33. The highest BCUT2D eigenvalue weighted by Gasteiger charge is 2.63. The molecule has 27 heavy (non-hydrogen) atoms. The Morgan fingerprint density at radius 1 is 1.11 bits per heavy atom. The first-order chi connectivity index (χ1) is 13.2. The Labute approximate surface area is 161 Å². The second-order valence-corrected chi connectivity index (χ2v) is 8.79. The maximum Gasteiger partial charge on any atom is 0.410 e. The molecule has 5 nitrogen and oxygen atoms in total. The lowest BCUT2D eigenvalue weighted by molar-refractivity contribution is -0.0667. The summed E-state index contributed by atoms with van der Waals surface area (Å²) in [7, 11) is 0. The highest BCUT2D eigenvalue weighted by molar-refractivity contribution is 5.70. The number of amides is 1. The lowest BCUT2D eigenvalue weighted by atomic mass is 9.68. The zero-order valence-corrected chi connectivity index (χ0v) is 16.0. The van der Waals surface area contributed by atoms with Crippen LogP contribution < -0.4 is 0 Å². The molecule has 5 rings (SSSR count). The molecule has 1 amide bonds. The predicted molar refractivity (Wildman–Crippen MR) is 102 cm³/mol. The van der Waals surface area contributed by atoms with Gasteiger partial charge in [0, 0.05) is 12.6 Å². The molecule has 1 aromatic carbocycles. The van der Waals surface area contributed by atoms with Gasteiger partial charge >= 0.3 is 6.09 Å². The van der Waals surface area contributed by atoms with E-state index in [0.29, 0.717) is 18.6 Å². The molecule has 3 aliphatic heterocycles. The number of likely N-dealkylation sites (tertiary alicyclic amines) is 1. The van der Waals surface area contributed by atoms with Crippen molar-refractivity contribution in [1.82, 2.24) is 9.80 Å². The number of hydrogen-bond acceptors (Lipinski definition) is 4. The molecule has 3 bridgehead atoms. The maximum atomic E-state index is 12.6. The van der Waals surface area contributed by atoms with Gasteiger partial charge in [-0.25, -0.2) is 4.79 Å². The Kier molecular flexibility index (Phi) is 4.40. The minimum absolute atomic E-state index is 0.0314. The minimum Gasteiger partial charge on any atom is -0.450 e. The lowest BCUT2D eigenvalue weighted by Crippen LogP contribution is -2.63. The van der Waals surface area contributed by atoms with Crippen molar-refractivity contribution in [2.75, 3.05) is 6.61 Å². The van der Waals surface area contributed by atoms with E-state index in [4.69, 9.17) is 4.74 Å². The smallest absolute Gasteiger partial charge is 0.410 e. The van der Waals surface area contributed by atoms with Crippen LogP contribution in [-0.4, -0.2) is 57.9 Å². The van der Waals surface area contributed by atoms with E-state index < -0.39 is 6.10 Å². The maximum absolute atomic E-state index is 12.6. The van der Waals surface area contributed by atoms with Gasteiger partial charge in [0.2, 0.25) is 0 Å². The van der Waals surface area contributed by atoms with Crippen molar-refractivity contribution < 1.29 is 14.6 Å². The fraction of sp³-hybridized carbons (Fsp3) is 0.682. The normalized spacial score (nSPS) is 38.1. The molecule has 4 aliphatic rings. The van der Waals surface area contributed by atoms with E-state index in [1.54, 1.807) is 0 Å². The lowest BCUT2D eigenvalue weighted by Gasteiger charge is -2.55. The zero-order chi connectivity index (χ0) is 18.5. The third-order valence-electron chi connectivity index (χ3n) is 7.51. The predicted octanol–water partition coefficient (Wildman–Crippen LogP) is 3.02. The van der Waals surface area contributed by atoms with Crippen LogP contribution in [0.15, 0.2) is 30.3 Å². The van der Waals surface area contributed by atoms with Crippen LogP contribution in [0.5, 0.6) is 0 Å². The molecule has 146 valence electrons. The number of ether oxygens (including phenoxy) is 1. The van der Waals surface area contributed by atoms with Gasteiger partial charge in [0.15, 0.2) is 0 Å². The monoisotopic (exact) mass is 370 g/mol. The van der Waals surface area contributed by atoms with Crippen LogP contribution in [0.25, 0.3) is 0 Å². The van der Waals surface area contributed by atoms with E-state index in [1.807, 2.05) is 11.8 Å². The molecule has 0 aromatic heterocycles. The number of hydrogen-bond donors (Lipinski definition) is 1. The standard InChI is InChI=1S/C22H30N2O3/c1-2-27-22(26)24-17-11-16-12-18(24)21(25)20(17)23(19(16)15-9-6-10-15)13-14-7-4-3-5-8-14/h3-5,7-8,15-21,25H,2,6,9-13H2,1H3/t16?,17?,18?,19?,20?,21-/m0/s1. The third kappa shape index (κ3) is 2.70. The van der Waals surface area contributed by atoms with Crippen LogP contribution in [0.2, 0.25) is 0 Å². The van der Waals surface area contributed by atoms with Crippen molar-refractivity contribution in [3.8, 4) is 0 Å². The minimum atomic E-state index is -0.474. The van der Waals surface area contributed by atoms with Gasteiger partial charge < -0.3 is 9.84 Å². The second-order valence-electron chi connectivity index (χ2n) is 8.79. The first-order valence-electron chi connectivity index (χ1n) is 10.6. The van der Waals surface area contributed by atoms with Gasteiger partial charge in [-0.1, -0.05) is 36.8 Å². The Hall–Kier alpha value is -1.59. The second kappa shape index (κ2) is 6.78. The summed E-state index contributed by atoms with van der Waals surface area (Å²) in [4.78, 5) is 17.1. The third-order valence-corrected chi connectivity index (χ3v) is 7.51. The summed E-state index contributed by atoms with van der Waals surface area (Å²) in [5, 5.41) is 11.2. The first kappa shape index (κ1) is 17.5. The fourth-order valence-electron chi connectivity index (χ4n) is 6.33. The fourth-order valence-corrected chi connectivity index (χ4v) is 6.33. The molecule has 1 aliphatic carbocycles. The van der Waals surface area contributed by atoms with Crippen LogP contribution in [-0.2, 0) is 11.3 Å². The van der Waals surface area contributed by atoms with E-state index in [-0.39, 0.29) is 24.2 Å². The van der Waals surface area contributed by atoms with Crippen LogP contribution in [0.1, 0.15) is 44.6 Å². The van der Waals surface area contributed by atoms with Crippen molar-refractivity contribution in [2.45, 2.75) is 75.8 Å². The van der Waals surface area contributed by atoms with E-state index in [1.165, 1.54) is 24.8 Å². The Bertz CT molecular complexity index is 692. The van der Waals surface area contributed by atoms with Crippen molar-refractivity contribution in [1.29, 1.82) is 0 Å². The molecular formula is C22H30N2O3. The number of carbonyl (C=O) groups is 1. The average molecular weight is 370 g/mol. The van der Waals surface area contributed by atoms with Crippen LogP contribution in [0.4, 0.5) is 4.79 Å². The topological polar surface area (TPSA) is 53.0 Å². The number of fused-ring (bicyclic) bond motifs is 2. The number of piperidine rings is 2. The van der Waals surface area contributed by atoms with Crippen molar-refractivity contribution >= 4 is 6.09 Å². The molecule has 1 saturated carbocycles. The van der Waals surface area contributed by atoms with Gasteiger partial charge in [0.25, 0.3) is 0 Å². The van der Waals surface area contributed by atoms with Gasteiger partial charge in [-0.05, 0) is 50.0 Å². The van der Waals surface area contributed by atoms with E-state index >= 15 is 0 Å². The Morgan fingerprint density at radius 3 is 2.52 bits per heavy atom. The average Bonchev–Trinajstić information content (AvgIpc) is 2.75. The largest absolute Gasteiger partial charge is 0.450 e. The first-order valence-corrected chi connectivity index (χ1v) is 10.6. The molecule has 5 unspecified atom stereocenters. The van der Waals surface area contributed by atoms with Crippen LogP contribution in [0.3, 0.4) is 0 Å². The van der Waals surface area contributed by atoms with E-state index in [9.17, 15) is 9.90 Å². The molecule has 3 heterocycles. The zero-order valence-electron chi connectivity index (χ0n) is 16.0. The number of carbonyl (C=O) groups excluding carboxylic acids is 1.